The SMILES string of the molecule is Cc1ncc(Nc2nc(N[C@@H]3CCCC[C@@H]3NC(=O)OC(C)(C)C)c(F)cc2C#N)cc1F. The molecule has 8 nitrogen and oxygen atoms in total. The molecule has 2 aromatic rings. The van der Waals surface area contributed by atoms with Crippen molar-refractivity contribution in [3.63, 3.8) is 0 Å². The van der Waals surface area contributed by atoms with Gasteiger partial charge in [0.25, 0.3) is 0 Å². The molecule has 0 radical (unpaired) electrons. The molecule has 0 saturated heterocycles. The summed E-state index contributed by atoms with van der Waals surface area (Å²) in [5, 5.41) is 18.2. The first-order chi connectivity index (χ1) is 15.6. The molecular formula is C23H28F2N6O2. The second-order valence-corrected chi connectivity index (χ2v) is 9.03. The normalized spacial score (nSPS) is 18.2. The summed E-state index contributed by atoms with van der Waals surface area (Å²) in [6, 6.07) is 3.61. The van der Waals surface area contributed by atoms with Gasteiger partial charge in [0.1, 0.15) is 17.5 Å². The molecule has 3 N–H and O–H groups in total. The van der Waals surface area contributed by atoms with Crippen molar-refractivity contribution >= 4 is 23.4 Å². The first-order valence-corrected chi connectivity index (χ1v) is 10.8. The van der Waals surface area contributed by atoms with E-state index < -0.39 is 23.3 Å². The maximum Gasteiger partial charge on any atom is 0.407 e. The van der Waals surface area contributed by atoms with Gasteiger partial charge >= 0.3 is 6.09 Å². The van der Waals surface area contributed by atoms with Gasteiger partial charge in [-0.05, 0) is 46.6 Å². The molecule has 1 fully saturated rings. The van der Waals surface area contributed by atoms with Crippen LogP contribution in [0, 0.1) is 29.9 Å². The first-order valence-electron chi connectivity index (χ1n) is 10.8. The van der Waals surface area contributed by atoms with Crippen molar-refractivity contribution in [2.45, 2.75) is 71.1 Å². The lowest BCUT2D eigenvalue weighted by Crippen LogP contribution is -2.50. The molecule has 0 spiro atoms. The maximum atomic E-state index is 14.8. The molecule has 33 heavy (non-hydrogen) atoms. The summed E-state index contributed by atoms with van der Waals surface area (Å²) in [5.41, 5.74) is -0.155. The number of alkyl carbamates (subject to hydrolysis) is 1. The molecule has 0 unspecified atom stereocenters. The number of halogens is 2. The Morgan fingerprint density at radius 2 is 1.85 bits per heavy atom. The van der Waals surface area contributed by atoms with E-state index in [-0.39, 0.29) is 40.7 Å². The van der Waals surface area contributed by atoms with Gasteiger partial charge in [0.2, 0.25) is 0 Å². The molecular weight excluding hydrogens is 430 g/mol. The number of hydrogen-bond acceptors (Lipinski definition) is 7. The third-order valence-electron chi connectivity index (χ3n) is 5.17. The smallest absolute Gasteiger partial charge is 0.407 e. The van der Waals surface area contributed by atoms with Gasteiger partial charge < -0.3 is 20.7 Å². The number of amides is 1. The quantitative estimate of drug-likeness (QED) is 0.583. The van der Waals surface area contributed by atoms with Crippen LogP contribution in [0.3, 0.4) is 0 Å². The van der Waals surface area contributed by atoms with Gasteiger partial charge in [-0.1, -0.05) is 12.8 Å². The van der Waals surface area contributed by atoms with Crippen LogP contribution in [0.4, 0.5) is 30.9 Å². The van der Waals surface area contributed by atoms with Crippen molar-refractivity contribution in [1.29, 1.82) is 5.26 Å². The van der Waals surface area contributed by atoms with Crippen LogP contribution in [-0.4, -0.2) is 33.7 Å². The molecule has 0 bridgehead atoms. The summed E-state index contributed by atoms with van der Waals surface area (Å²) in [6.07, 6.45) is 4.08. The Bertz CT molecular complexity index is 1060. The number of ether oxygens (including phenoxy) is 1. The number of nitriles is 1. The minimum Gasteiger partial charge on any atom is -0.444 e. The van der Waals surface area contributed by atoms with Crippen LogP contribution in [0.1, 0.15) is 57.7 Å². The molecule has 0 aliphatic heterocycles. The number of anilines is 3. The fourth-order valence-corrected chi connectivity index (χ4v) is 3.59. The number of aryl methyl sites for hydroxylation is 1. The summed E-state index contributed by atoms with van der Waals surface area (Å²) in [4.78, 5) is 20.4. The Morgan fingerprint density at radius 1 is 1.15 bits per heavy atom. The van der Waals surface area contributed by atoms with Crippen molar-refractivity contribution in [3.8, 4) is 6.07 Å². The van der Waals surface area contributed by atoms with Crippen LogP contribution in [0.15, 0.2) is 18.3 Å². The molecule has 2 aromatic heterocycles. The summed E-state index contributed by atoms with van der Waals surface area (Å²) in [7, 11) is 0. The standard InChI is InChI=1S/C23H28F2N6O2/c1-13-16(24)10-15(12-27-13)28-20-14(11-26)9-17(25)21(31-20)29-18-7-5-6-8-19(18)30-22(32)33-23(2,3)4/h9-10,12,18-19H,5-8H2,1-4H3,(H,30,32)(H2,28,29,31)/t18-,19+/m1/s1. The maximum absolute atomic E-state index is 14.8. The highest BCUT2D eigenvalue weighted by molar-refractivity contribution is 5.68. The van der Waals surface area contributed by atoms with Crippen LogP contribution in [0.2, 0.25) is 0 Å². The number of nitrogens with zero attached hydrogens (tertiary/aromatic N) is 3. The predicted octanol–water partition coefficient (Wildman–Crippen LogP) is 4.93. The highest BCUT2D eigenvalue weighted by Gasteiger charge is 2.29. The summed E-state index contributed by atoms with van der Waals surface area (Å²) >= 11 is 0. The molecule has 2 heterocycles. The van der Waals surface area contributed by atoms with E-state index in [1.165, 1.54) is 19.2 Å². The van der Waals surface area contributed by atoms with Gasteiger partial charge in [0.15, 0.2) is 17.5 Å². The number of nitrogens with one attached hydrogen (secondary N) is 3. The van der Waals surface area contributed by atoms with Crippen LogP contribution in [0.5, 0.6) is 0 Å². The van der Waals surface area contributed by atoms with Crippen molar-refractivity contribution < 1.29 is 18.3 Å². The number of rotatable bonds is 5. The third kappa shape index (κ3) is 6.51. The predicted molar refractivity (Wildman–Crippen MR) is 120 cm³/mol. The molecule has 1 saturated carbocycles. The van der Waals surface area contributed by atoms with Gasteiger partial charge in [-0.25, -0.2) is 18.6 Å². The Hall–Kier alpha value is -3.48. The van der Waals surface area contributed by atoms with Crippen LogP contribution < -0.4 is 16.0 Å². The molecule has 3 rings (SSSR count). The van der Waals surface area contributed by atoms with E-state index >= 15 is 0 Å². The molecule has 176 valence electrons. The van der Waals surface area contributed by atoms with E-state index in [1.54, 1.807) is 20.8 Å². The van der Waals surface area contributed by atoms with E-state index in [0.717, 1.165) is 18.9 Å². The number of carbonyl (C=O) groups is 1. The molecule has 1 aliphatic rings. The highest BCUT2D eigenvalue weighted by atomic mass is 19.1. The summed E-state index contributed by atoms with van der Waals surface area (Å²) in [5.74, 6) is -1.22. The number of aromatic nitrogens is 2. The van der Waals surface area contributed by atoms with E-state index in [0.29, 0.717) is 12.8 Å². The molecule has 0 aromatic carbocycles. The summed E-state index contributed by atoms with van der Waals surface area (Å²) in [6.45, 7) is 6.87. The lowest BCUT2D eigenvalue weighted by Gasteiger charge is -2.33. The first kappa shape index (κ1) is 24.2. The van der Waals surface area contributed by atoms with E-state index in [9.17, 15) is 18.8 Å². The summed E-state index contributed by atoms with van der Waals surface area (Å²) < 4.78 is 34.0. The average Bonchev–Trinajstić information content (AvgIpc) is 2.73. The molecule has 2 atom stereocenters. The van der Waals surface area contributed by atoms with Crippen LogP contribution >= 0.6 is 0 Å². The fourth-order valence-electron chi connectivity index (χ4n) is 3.59. The monoisotopic (exact) mass is 458 g/mol. The molecule has 1 aliphatic carbocycles. The van der Waals surface area contributed by atoms with Gasteiger partial charge in [-0.15, -0.1) is 0 Å². The minimum atomic E-state index is -0.702. The van der Waals surface area contributed by atoms with Gasteiger partial charge in [0, 0.05) is 12.1 Å². The second kappa shape index (κ2) is 9.98. The largest absolute Gasteiger partial charge is 0.444 e. The molecule has 10 heteroatoms. The van der Waals surface area contributed by atoms with Crippen molar-refractivity contribution in [2.75, 3.05) is 10.6 Å². The molecule has 1 amide bonds. The Labute approximate surface area is 191 Å². The van der Waals surface area contributed by atoms with E-state index in [4.69, 9.17) is 4.74 Å². The van der Waals surface area contributed by atoms with E-state index in [1.807, 2.05) is 6.07 Å². The average molecular weight is 459 g/mol. The van der Waals surface area contributed by atoms with Crippen molar-refractivity contribution in [2.24, 2.45) is 0 Å². The fraction of sp³-hybridized carbons (Fsp3) is 0.478. The Kier molecular flexibility index (Phi) is 7.31. The third-order valence-corrected chi connectivity index (χ3v) is 5.17. The zero-order valence-corrected chi connectivity index (χ0v) is 19.1. The van der Waals surface area contributed by atoms with Crippen molar-refractivity contribution in [1.82, 2.24) is 15.3 Å². The zero-order valence-electron chi connectivity index (χ0n) is 19.1. The number of carbonyl (C=O) groups excluding carboxylic acids is 1. The van der Waals surface area contributed by atoms with E-state index in [2.05, 4.69) is 25.9 Å². The number of hydrogen-bond donors (Lipinski definition) is 3. The van der Waals surface area contributed by atoms with Gasteiger partial charge in [0.05, 0.1) is 29.2 Å². The van der Waals surface area contributed by atoms with Crippen LogP contribution in [-0.2, 0) is 4.74 Å². The second-order valence-electron chi connectivity index (χ2n) is 9.03. The van der Waals surface area contributed by atoms with Gasteiger partial charge in [-0.3, -0.25) is 4.98 Å². The van der Waals surface area contributed by atoms with Crippen LogP contribution in [0.25, 0.3) is 0 Å². The Morgan fingerprint density at radius 3 is 2.48 bits per heavy atom. The number of pyridine rings is 2. The lowest BCUT2D eigenvalue weighted by atomic mass is 9.90. The highest BCUT2D eigenvalue weighted by Crippen LogP contribution is 2.27. The van der Waals surface area contributed by atoms with Gasteiger partial charge in [-0.2, -0.15) is 5.26 Å². The topological polar surface area (TPSA) is 112 Å². The Balaban J connectivity index is 1.81. The zero-order chi connectivity index (χ0) is 24.2. The van der Waals surface area contributed by atoms with Crippen molar-refractivity contribution in [3.05, 3.63) is 41.2 Å². The minimum absolute atomic E-state index is 0.0360. The lowest BCUT2D eigenvalue weighted by molar-refractivity contribution is 0.0488.